The number of ether oxygens (including phenoxy) is 1. The van der Waals surface area contributed by atoms with Gasteiger partial charge in [-0.25, -0.2) is 8.42 Å². The molecule has 0 fully saturated rings. The van der Waals surface area contributed by atoms with Crippen molar-refractivity contribution in [3.05, 3.63) is 59.2 Å². The van der Waals surface area contributed by atoms with E-state index in [-0.39, 0.29) is 30.2 Å². The second kappa shape index (κ2) is 6.37. The van der Waals surface area contributed by atoms with Crippen LogP contribution in [0.15, 0.2) is 47.4 Å². The third kappa shape index (κ3) is 3.07. The highest BCUT2D eigenvalue weighted by molar-refractivity contribution is 7.89. The number of carbonyl (C=O) groups excluding carboxylic acids is 1. The van der Waals surface area contributed by atoms with Crippen molar-refractivity contribution in [2.24, 2.45) is 0 Å². The van der Waals surface area contributed by atoms with E-state index in [1.165, 1.54) is 4.31 Å². The van der Waals surface area contributed by atoms with Crippen LogP contribution in [0.25, 0.3) is 0 Å². The molecule has 0 saturated carbocycles. The molecule has 0 unspecified atom stereocenters. The predicted molar refractivity (Wildman–Crippen MR) is 90.7 cm³/mol. The van der Waals surface area contributed by atoms with Crippen LogP contribution >= 0.6 is 0 Å². The van der Waals surface area contributed by atoms with Crippen LogP contribution in [0.2, 0.25) is 0 Å². The van der Waals surface area contributed by atoms with Gasteiger partial charge >= 0.3 is 0 Å². The Kier molecular flexibility index (Phi) is 4.43. The minimum absolute atomic E-state index is 0.0470. The Morgan fingerprint density at radius 1 is 1.08 bits per heavy atom. The number of carbonyl (C=O) groups is 1. The lowest BCUT2D eigenvalue weighted by molar-refractivity contribution is 0.0981. The number of nitrogens with zero attached hydrogens (tertiary/aromatic N) is 1. The first-order valence-electron chi connectivity index (χ1n) is 7.69. The van der Waals surface area contributed by atoms with Gasteiger partial charge in [0.15, 0.2) is 5.78 Å². The largest absolute Gasteiger partial charge is 0.497 e. The number of fused-ring (bicyclic) bond motifs is 1. The van der Waals surface area contributed by atoms with Gasteiger partial charge in [0.2, 0.25) is 10.0 Å². The summed E-state index contributed by atoms with van der Waals surface area (Å²) in [4.78, 5) is 12.5. The van der Waals surface area contributed by atoms with Crippen molar-refractivity contribution in [2.75, 3.05) is 13.7 Å². The second-order valence-electron chi connectivity index (χ2n) is 5.85. The van der Waals surface area contributed by atoms with Gasteiger partial charge in [0.25, 0.3) is 0 Å². The maximum Gasteiger partial charge on any atom is 0.243 e. The van der Waals surface area contributed by atoms with E-state index in [2.05, 4.69) is 0 Å². The minimum atomic E-state index is -3.65. The molecule has 0 amide bonds. The van der Waals surface area contributed by atoms with E-state index in [0.29, 0.717) is 16.9 Å². The summed E-state index contributed by atoms with van der Waals surface area (Å²) in [7, 11) is -2.10. The van der Waals surface area contributed by atoms with E-state index < -0.39 is 10.0 Å². The van der Waals surface area contributed by atoms with Gasteiger partial charge in [-0.3, -0.25) is 4.79 Å². The Bertz CT molecular complexity index is 872. The molecule has 0 aromatic heterocycles. The van der Waals surface area contributed by atoms with Crippen LogP contribution in [0.4, 0.5) is 0 Å². The van der Waals surface area contributed by atoms with Crippen molar-refractivity contribution < 1.29 is 17.9 Å². The molecule has 0 bridgehead atoms. The van der Waals surface area contributed by atoms with Crippen molar-refractivity contribution in [1.82, 2.24) is 4.31 Å². The smallest absolute Gasteiger partial charge is 0.243 e. The molecule has 126 valence electrons. The van der Waals surface area contributed by atoms with E-state index in [1.54, 1.807) is 49.6 Å². The van der Waals surface area contributed by atoms with Gasteiger partial charge in [-0.2, -0.15) is 4.31 Å². The lowest BCUT2D eigenvalue weighted by atomic mass is 10.0. The van der Waals surface area contributed by atoms with Gasteiger partial charge < -0.3 is 4.74 Å². The molecule has 0 radical (unpaired) electrons. The lowest BCUT2D eigenvalue weighted by Gasteiger charge is -2.20. The number of aryl methyl sites for hydroxylation is 1. The third-order valence-corrected chi connectivity index (χ3v) is 6.07. The van der Waals surface area contributed by atoms with Crippen molar-refractivity contribution in [3.63, 3.8) is 0 Å². The number of hydrogen-bond donors (Lipinski definition) is 0. The number of sulfonamides is 1. The Labute approximate surface area is 141 Å². The van der Waals surface area contributed by atoms with Crippen LogP contribution < -0.4 is 4.74 Å². The molecule has 0 atom stereocenters. The lowest BCUT2D eigenvalue weighted by Crippen LogP contribution is -2.31. The minimum Gasteiger partial charge on any atom is -0.497 e. The second-order valence-corrected chi connectivity index (χ2v) is 7.79. The van der Waals surface area contributed by atoms with Crippen molar-refractivity contribution >= 4 is 15.8 Å². The van der Waals surface area contributed by atoms with Crippen LogP contribution in [-0.2, 0) is 16.6 Å². The fraction of sp³-hybridized carbons (Fsp3) is 0.278. The van der Waals surface area contributed by atoms with Gasteiger partial charge in [-0.15, -0.1) is 0 Å². The first-order chi connectivity index (χ1) is 11.4. The molecule has 0 spiro atoms. The SMILES string of the molecule is COc1ccc2c(c1)CN(S(=O)(=O)c1ccc(C)cc1)CCC2=O. The summed E-state index contributed by atoms with van der Waals surface area (Å²) in [6.45, 7) is 2.24. The van der Waals surface area contributed by atoms with Crippen molar-refractivity contribution in [3.8, 4) is 5.75 Å². The zero-order chi connectivity index (χ0) is 17.3. The average Bonchev–Trinajstić information content (AvgIpc) is 2.74. The molecule has 24 heavy (non-hydrogen) atoms. The Morgan fingerprint density at radius 2 is 1.79 bits per heavy atom. The molecule has 0 aliphatic carbocycles. The first-order valence-corrected chi connectivity index (χ1v) is 9.13. The zero-order valence-electron chi connectivity index (χ0n) is 13.7. The molecule has 3 rings (SSSR count). The van der Waals surface area contributed by atoms with E-state index >= 15 is 0 Å². The molecule has 1 aliphatic rings. The number of hydrogen-bond acceptors (Lipinski definition) is 4. The van der Waals surface area contributed by atoms with Crippen LogP contribution in [0.5, 0.6) is 5.75 Å². The third-order valence-electron chi connectivity index (χ3n) is 4.21. The summed E-state index contributed by atoms with van der Waals surface area (Å²) in [6, 6.07) is 11.9. The molecule has 0 N–H and O–H groups in total. The Hall–Kier alpha value is -2.18. The van der Waals surface area contributed by atoms with Gasteiger partial charge in [0.05, 0.1) is 12.0 Å². The zero-order valence-corrected chi connectivity index (χ0v) is 14.5. The van der Waals surface area contributed by atoms with E-state index in [9.17, 15) is 13.2 Å². The number of rotatable bonds is 3. The van der Waals surface area contributed by atoms with Gasteiger partial charge in [-0.05, 0) is 42.8 Å². The van der Waals surface area contributed by atoms with Gasteiger partial charge in [-0.1, -0.05) is 17.7 Å². The maximum absolute atomic E-state index is 12.9. The van der Waals surface area contributed by atoms with Crippen LogP contribution in [0.1, 0.15) is 27.9 Å². The summed E-state index contributed by atoms with van der Waals surface area (Å²) >= 11 is 0. The van der Waals surface area contributed by atoms with Crippen molar-refractivity contribution in [1.29, 1.82) is 0 Å². The predicted octanol–water partition coefficient (Wildman–Crippen LogP) is 2.78. The summed E-state index contributed by atoms with van der Waals surface area (Å²) < 4.78 is 32.4. The van der Waals surface area contributed by atoms with E-state index in [1.807, 2.05) is 6.92 Å². The molecule has 6 heteroatoms. The molecule has 5 nitrogen and oxygen atoms in total. The Morgan fingerprint density at radius 3 is 2.46 bits per heavy atom. The Balaban J connectivity index is 2.00. The number of ketones is 1. The van der Waals surface area contributed by atoms with Gasteiger partial charge in [0, 0.05) is 25.1 Å². The van der Waals surface area contributed by atoms with Crippen molar-refractivity contribution in [2.45, 2.75) is 24.8 Å². The monoisotopic (exact) mass is 345 g/mol. The van der Waals surface area contributed by atoms with E-state index in [0.717, 1.165) is 5.56 Å². The molecular formula is C18H19NO4S. The molecule has 2 aromatic rings. The normalized spacial score (nSPS) is 15.7. The summed E-state index contributed by atoms with van der Waals surface area (Å²) in [5, 5.41) is 0. The molecule has 1 heterocycles. The highest BCUT2D eigenvalue weighted by Crippen LogP contribution is 2.27. The number of benzene rings is 2. The van der Waals surface area contributed by atoms with Crippen LogP contribution in [0.3, 0.4) is 0 Å². The summed E-state index contributed by atoms with van der Waals surface area (Å²) in [5.41, 5.74) is 2.24. The fourth-order valence-corrected chi connectivity index (χ4v) is 4.21. The highest BCUT2D eigenvalue weighted by Gasteiger charge is 2.29. The molecular weight excluding hydrogens is 326 g/mol. The standard InChI is InChI=1S/C18H19NO4S/c1-13-3-6-16(7-4-13)24(21,22)19-10-9-18(20)17-8-5-15(23-2)11-14(17)12-19/h3-8,11H,9-10,12H2,1-2H3. The van der Waals surface area contributed by atoms with Crippen LogP contribution in [-0.4, -0.2) is 32.2 Å². The quantitative estimate of drug-likeness (QED) is 0.858. The average molecular weight is 345 g/mol. The maximum atomic E-state index is 12.9. The topological polar surface area (TPSA) is 63.7 Å². The fourth-order valence-electron chi connectivity index (χ4n) is 2.79. The molecule has 2 aromatic carbocycles. The summed E-state index contributed by atoms with van der Waals surface area (Å²) in [6.07, 6.45) is 0.171. The highest BCUT2D eigenvalue weighted by atomic mass is 32.2. The van der Waals surface area contributed by atoms with Gasteiger partial charge in [0.1, 0.15) is 5.75 Å². The molecule has 0 saturated heterocycles. The van der Waals surface area contributed by atoms with Crippen LogP contribution in [0, 0.1) is 6.92 Å². The number of Topliss-reactive ketones (excluding diaryl/α,β-unsaturated/α-hetero) is 1. The number of methoxy groups -OCH3 is 1. The molecule has 1 aliphatic heterocycles. The van der Waals surface area contributed by atoms with E-state index in [4.69, 9.17) is 4.74 Å². The first kappa shape index (κ1) is 16.7. The summed E-state index contributed by atoms with van der Waals surface area (Å²) in [5.74, 6) is 0.561.